The van der Waals surface area contributed by atoms with Crippen molar-refractivity contribution in [2.75, 3.05) is 11.9 Å². The van der Waals surface area contributed by atoms with Crippen molar-refractivity contribution in [1.82, 2.24) is 10.3 Å². The van der Waals surface area contributed by atoms with E-state index in [1.807, 2.05) is 30.3 Å². The molecule has 0 aliphatic heterocycles. The summed E-state index contributed by atoms with van der Waals surface area (Å²) in [5.74, 6) is -1.02. The first-order valence-electron chi connectivity index (χ1n) is 11.7. The summed E-state index contributed by atoms with van der Waals surface area (Å²) in [6, 6.07) is 9.30. The van der Waals surface area contributed by atoms with Gasteiger partial charge in [-0.05, 0) is 54.0 Å². The molecule has 0 spiro atoms. The quantitative estimate of drug-likeness (QED) is 0.163. The van der Waals surface area contributed by atoms with Gasteiger partial charge in [-0.1, -0.05) is 35.5 Å². The number of anilines is 1. The smallest absolute Gasteiger partial charge is 0.437 e. The standard InChI is InChI=1S/C25H33N5O7S/c1-8-34-19(31)18(30-35-14-16-12-10-9-11-13-16)17-15-38-21(26-17)27-20(28-22(32)36-24(2,3)4)29-23(33)37-25(5,6)7/h9-13,15H,8,14H2,1-7H3,(H2,26,27,28,29,32,33)/b30-18-. The van der Waals surface area contributed by atoms with Crippen molar-refractivity contribution in [2.45, 2.75) is 66.3 Å². The lowest BCUT2D eigenvalue weighted by Crippen LogP contribution is -2.40. The van der Waals surface area contributed by atoms with Crippen LogP contribution in [0.25, 0.3) is 0 Å². The number of thiazole rings is 1. The SMILES string of the molecule is CCOC(=O)/C(=N\OCc1ccccc1)c1csc(N/C(=N/C(=O)OC(C)(C)C)NC(=O)OC(C)(C)C)n1. The lowest BCUT2D eigenvalue weighted by atomic mass is 10.2. The number of aliphatic imine (C=N–C) groups is 1. The van der Waals surface area contributed by atoms with E-state index in [2.05, 4.69) is 25.8 Å². The Morgan fingerprint density at radius 2 is 1.66 bits per heavy atom. The monoisotopic (exact) mass is 547 g/mol. The number of benzene rings is 1. The summed E-state index contributed by atoms with van der Waals surface area (Å²) in [7, 11) is 0. The highest BCUT2D eigenvalue weighted by Gasteiger charge is 2.23. The van der Waals surface area contributed by atoms with Crippen LogP contribution in [0.3, 0.4) is 0 Å². The number of ether oxygens (including phenoxy) is 3. The molecule has 2 N–H and O–H groups in total. The molecule has 2 amide bonds. The Kier molecular flexibility index (Phi) is 10.8. The van der Waals surface area contributed by atoms with Crippen LogP contribution in [0, 0.1) is 0 Å². The number of alkyl carbamates (subject to hydrolysis) is 1. The highest BCUT2D eigenvalue weighted by Crippen LogP contribution is 2.18. The number of nitrogens with one attached hydrogen (secondary N) is 2. The molecular weight excluding hydrogens is 514 g/mol. The fourth-order valence-electron chi connectivity index (χ4n) is 2.54. The molecule has 0 fully saturated rings. The molecule has 2 rings (SSSR count). The van der Waals surface area contributed by atoms with E-state index < -0.39 is 29.4 Å². The van der Waals surface area contributed by atoms with Crippen LogP contribution >= 0.6 is 11.3 Å². The minimum absolute atomic E-state index is 0.123. The topological polar surface area (TPSA) is 150 Å². The number of esters is 1. The molecule has 0 aliphatic carbocycles. The first-order chi connectivity index (χ1) is 17.8. The van der Waals surface area contributed by atoms with Crippen LogP contribution in [0.5, 0.6) is 0 Å². The summed E-state index contributed by atoms with van der Waals surface area (Å²) in [4.78, 5) is 50.6. The number of rotatable bonds is 7. The molecule has 0 bridgehead atoms. The van der Waals surface area contributed by atoms with Crippen LogP contribution in [0.2, 0.25) is 0 Å². The van der Waals surface area contributed by atoms with Gasteiger partial charge in [0.05, 0.1) is 6.61 Å². The summed E-state index contributed by atoms with van der Waals surface area (Å²) >= 11 is 1.06. The van der Waals surface area contributed by atoms with E-state index in [0.717, 1.165) is 16.9 Å². The van der Waals surface area contributed by atoms with Gasteiger partial charge in [0.15, 0.2) is 5.13 Å². The van der Waals surface area contributed by atoms with E-state index in [9.17, 15) is 14.4 Å². The normalized spacial score (nSPS) is 12.4. The van der Waals surface area contributed by atoms with Crippen molar-refractivity contribution < 1.29 is 33.4 Å². The first kappa shape index (κ1) is 30.2. The fraction of sp³-hybridized carbons (Fsp3) is 0.440. The summed E-state index contributed by atoms with van der Waals surface area (Å²) in [5.41, 5.74) is -0.747. The second-order valence-electron chi connectivity index (χ2n) is 9.65. The molecule has 13 heteroatoms. The number of aromatic nitrogens is 1. The molecule has 206 valence electrons. The maximum absolute atomic E-state index is 12.5. The van der Waals surface area contributed by atoms with Crippen LogP contribution in [0.15, 0.2) is 45.9 Å². The van der Waals surface area contributed by atoms with E-state index >= 15 is 0 Å². The van der Waals surface area contributed by atoms with Gasteiger partial charge in [-0.25, -0.2) is 19.4 Å². The van der Waals surface area contributed by atoms with Gasteiger partial charge >= 0.3 is 18.2 Å². The summed E-state index contributed by atoms with van der Waals surface area (Å²) in [5, 5.41) is 10.8. The van der Waals surface area contributed by atoms with Gasteiger partial charge in [-0.3, -0.25) is 5.32 Å². The van der Waals surface area contributed by atoms with Crippen LogP contribution < -0.4 is 10.6 Å². The molecular formula is C25H33N5O7S. The van der Waals surface area contributed by atoms with Gasteiger partial charge in [0.2, 0.25) is 11.7 Å². The maximum atomic E-state index is 12.5. The summed E-state index contributed by atoms with van der Waals surface area (Å²) in [6.07, 6.45) is -1.80. The van der Waals surface area contributed by atoms with Gasteiger partial charge in [0, 0.05) is 5.38 Å². The maximum Gasteiger partial charge on any atom is 0.437 e. The lowest BCUT2D eigenvalue weighted by Gasteiger charge is -2.20. The Hall–Kier alpha value is -4.00. The summed E-state index contributed by atoms with van der Waals surface area (Å²) in [6.45, 7) is 12.0. The molecule has 0 radical (unpaired) electrons. The lowest BCUT2D eigenvalue weighted by molar-refractivity contribution is -0.135. The van der Waals surface area contributed by atoms with Gasteiger partial charge in [0.1, 0.15) is 23.5 Å². The zero-order valence-electron chi connectivity index (χ0n) is 22.5. The Balaban J connectivity index is 2.26. The number of carbonyl (C=O) groups excluding carboxylic acids is 3. The van der Waals surface area contributed by atoms with Crippen LogP contribution in [-0.4, -0.2) is 52.6 Å². The highest BCUT2D eigenvalue weighted by atomic mass is 32.1. The average molecular weight is 548 g/mol. The molecule has 0 aliphatic rings. The molecule has 1 aromatic carbocycles. The number of hydrogen-bond donors (Lipinski definition) is 2. The second kappa shape index (κ2) is 13.5. The molecule has 38 heavy (non-hydrogen) atoms. The van der Waals surface area contributed by atoms with Crippen LogP contribution in [0.4, 0.5) is 14.7 Å². The van der Waals surface area contributed by atoms with Crippen molar-refractivity contribution in [2.24, 2.45) is 10.1 Å². The third-order valence-electron chi connectivity index (χ3n) is 3.89. The average Bonchev–Trinajstić information content (AvgIpc) is 3.22. The van der Waals surface area contributed by atoms with Gasteiger partial charge < -0.3 is 24.4 Å². The predicted octanol–water partition coefficient (Wildman–Crippen LogP) is 4.85. The van der Waals surface area contributed by atoms with Gasteiger partial charge in [-0.2, -0.15) is 0 Å². The number of oxime groups is 1. The molecule has 1 heterocycles. The zero-order valence-corrected chi connectivity index (χ0v) is 23.3. The molecule has 12 nitrogen and oxygen atoms in total. The number of hydrogen-bond acceptors (Lipinski definition) is 10. The number of amides is 2. The second-order valence-corrected chi connectivity index (χ2v) is 10.5. The molecule has 0 saturated carbocycles. The van der Waals surface area contributed by atoms with E-state index in [-0.39, 0.29) is 35.7 Å². The minimum atomic E-state index is -0.948. The third-order valence-corrected chi connectivity index (χ3v) is 4.64. The highest BCUT2D eigenvalue weighted by molar-refractivity contribution is 7.14. The van der Waals surface area contributed by atoms with E-state index in [1.54, 1.807) is 48.5 Å². The Labute approximate surface area is 225 Å². The largest absolute Gasteiger partial charge is 0.461 e. The molecule has 1 aromatic heterocycles. The minimum Gasteiger partial charge on any atom is -0.461 e. The fourth-order valence-corrected chi connectivity index (χ4v) is 3.23. The molecule has 2 aromatic rings. The van der Waals surface area contributed by atoms with Crippen molar-refractivity contribution in [1.29, 1.82) is 0 Å². The number of carbonyl (C=O) groups is 3. The van der Waals surface area contributed by atoms with E-state index in [0.29, 0.717) is 0 Å². The van der Waals surface area contributed by atoms with Gasteiger partial charge in [0.25, 0.3) is 0 Å². The van der Waals surface area contributed by atoms with E-state index in [1.165, 1.54) is 5.38 Å². The number of guanidine groups is 1. The van der Waals surface area contributed by atoms with Crippen LogP contribution in [0.1, 0.15) is 59.7 Å². The zero-order chi connectivity index (χ0) is 28.3. The first-order valence-corrected chi connectivity index (χ1v) is 12.6. The van der Waals surface area contributed by atoms with Crippen molar-refractivity contribution in [3.63, 3.8) is 0 Å². The Morgan fingerprint density at radius 1 is 1.00 bits per heavy atom. The van der Waals surface area contributed by atoms with Crippen LogP contribution in [-0.2, 0) is 30.4 Å². The van der Waals surface area contributed by atoms with Crippen molar-refractivity contribution in [3.8, 4) is 0 Å². The third kappa shape index (κ3) is 11.4. The van der Waals surface area contributed by atoms with Crippen molar-refractivity contribution >= 4 is 46.3 Å². The Bertz CT molecular complexity index is 1160. The predicted molar refractivity (Wildman–Crippen MR) is 143 cm³/mol. The number of nitrogens with zero attached hydrogens (tertiary/aromatic N) is 3. The Morgan fingerprint density at radius 3 is 2.26 bits per heavy atom. The summed E-state index contributed by atoms with van der Waals surface area (Å²) < 4.78 is 15.5. The van der Waals surface area contributed by atoms with E-state index in [4.69, 9.17) is 19.0 Å². The van der Waals surface area contributed by atoms with Crippen molar-refractivity contribution in [3.05, 3.63) is 47.0 Å². The molecule has 0 saturated heterocycles. The molecule has 0 atom stereocenters. The molecule has 0 unspecified atom stereocenters. The van der Waals surface area contributed by atoms with Gasteiger partial charge in [-0.15, -0.1) is 16.3 Å².